The van der Waals surface area contributed by atoms with E-state index >= 15 is 0 Å². The maximum absolute atomic E-state index is 10.3. The second-order valence-electron chi connectivity index (χ2n) is 7.31. The predicted molar refractivity (Wildman–Crippen MR) is 120 cm³/mol. The fourth-order valence-corrected chi connectivity index (χ4v) is 3.62. The Morgan fingerprint density at radius 3 is 2.44 bits per heavy atom. The lowest BCUT2D eigenvalue weighted by Gasteiger charge is -2.16. The van der Waals surface area contributed by atoms with Gasteiger partial charge in [-0.2, -0.15) is 15.1 Å². The molecule has 3 aromatic rings. The number of aliphatic hydroxyl groups excluding tert-OH is 3. The highest BCUT2D eigenvalue weighted by molar-refractivity contribution is 5.84. The maximum Gasteiger partial charge on any atom is 0.247 e. The zero-order valence-corrected chi connectivity index (χ0v) is 18.6. The fourth-order valence-electron chi connectivity index (χ4n) is 3.62. The number of hydrogen-bond donors (Lipinski definition) is 5. The topological polar surface area (TPSA) is 192 Å². The normalized spacial score (nSPS) is 22.4. The molecule has 0 unspecified atom stereocenters. The lowest BCUT2D eigenvalue weighted by molar-refractivity contribution is -0.0511. The standard InChI is InChI=1S/C20H25N7O7/c1-31-10-4-9(5-11(32-2)16(10)33-3)6-23-26-20-24-17(21)13-18(25-20)27(8-22-13)19-15(30)14(29)12(7-28)34-19/h4-6,8,12,14-15,19,28-30H,7H2,1-3H3,(H3,21,24,25,26)/t12-,14-,15-,19-/m1/s1. The molecule has 4 atom stereocenters. The van der Waals surface area contributed by atoms with Gasteiger partial charge in [0.1, 0.15) is 23.8 Å². The van der Waals surface area contributed by atoms with E-state index in [0.717, 1.165) is 0 Å². The van der Waals surface area contributed by atoms with Crippen molar-refractivity contribution in [1.82, 2.24) is 19.5 Å². The summed E-state index contributed by atoms with van der Waals surface area (Å²) in [7, 11) is 4.54. The van der Waals surface area contributed by atoms with Crippen molar-refractivity contribution in [3.63, 3.8) is 0 Å². The molecule has 0 spiro atoms. The average Bonchev–Trinajstić information content (AvgIpc) is 3.39. The van der Waals surface area contributed by atoms with Gasteiger partial charge < -0.3 is 40.0 Å². The van der Waals surface area contributed by atoms with Crippen LogP contribution in [0.4, 0.5) is 11.8 Å². The SMILES string of the molecule is COc1cc(C=NNc2nc(N)c3ncn([C@@H]4O[C@H](CO)[C@@H](O)[C@H]4O)c3n2)cc(OC)c1OC. The number of aliphatic hydroxyl groups is 3. The number of hydrazone groups is 1. The highest BCUT2D eigenvalue weighted by Crippen LogP contribution is 2.38. The number of nitrogens with one attached hydrogen (secondary N) is 1. The largest absolute Gasteiger partial charge is 0.493 e. The van der Waals surface area contributed by atoms with Crippen molar-refractivity contribution >= 4 is 29.1 Å². The first-order chi connectivity index (χ1) is 16.4. The number of hydrogen-bond acceptors (Lipinski definition) is 13. The van der Waals surface area contributed by atoms with Crippen molar-refractivity contribution in [3.8, 4) is 17.2 Å². The van der Waals surface area contributed by atoms with Crippen LogP contribution in [0.1, 0.15) is 11.8 Å². The van der Waals surface area contributed by atoms with E-state index in [9.17, 15) is 15.3 Å². The lowest BCUT2D eigenvalue weighted by atomic mass is 10.1. The van der Waals surface area contributed by atoms with E-state index in [-0.39, 0.29) is 22.9 Å². The number of anilines is 2. The summed E-state index contributed by atoms with van der Waals surface area (Å²) in [6.45, 7) is -0.457. The third kappa shape index (κ3) is 4.14. The number of benzene rings is 1. The van der Waals surface area contributed by atoms with Gasteiger partial charge in [0, 0.05) is 5.56 Å². The van der Waals surface area contributed by atoms with Crippen molar-refractivity contribution in [2.75, 3.05) is 39.1 Å². The molecule has 0 saturated carbocycles. The van der Waals surface area contributed by atoms with Crippen LogP contribution >= 0.6 is 0 Å². The number of nitrogen functional groups attached to an aromatic ring is 1. The molecule has 0 bridgehead atoms. The Kier molecular flexibility index (Phi) is 6.65. The molecule has 1 aliphatic rings. The summed E-state index contributed by atoms with van der Waals surface area (Å²) in [6.07, 6.45) is -1.69. The molecule has 14 nitrogen and oxygen atoms in total. The Morgan fingerprint density at radius 1 is 1.15 bits per heavy atom. The number of fused-ring (bicyclic) bond motifs is 1. The molecule has 1 saturated heterocycles. The average molecular weight is 475 g/mol. The molecule has 0 radical (unpaired) electrons. The summed E-state index contributed by atoms with van der Waals surface area (Å²) < 4.78 is 22.9. The van der Waals surface area contributed by atoms with E-state index in [1.807, 2.05) is 0 Å². The second kappa shape index (κ2) is 9.64. The molecule has 4 rings (SSSR count). The van der Waals surface area contributed by atoms with Crippen LogP contribution in [0.5, 0.6) is 17.2 Å². The number of methoxy groups -OCH3 is 3. The molecular weight excluding hydrogens is 450 g/mol. The van der Waals surface area contributed by atoms with Crippen LogP contribution in [0.25, 0.3) is 11.2 Å². The van der Waals surface area contributed by atoms with E-state index < -0.39 is 31.1 Å². The van der Waals surface area contributed by atoms with Gasteiger partial charge in [0.2, 0.25) is 11.7 Å². The molecule has 0 aliphatic carbocycles. The fraction of sp³-hybridized carbons (Fsp3) is 0.400. The molecule has 1 aliphatic heterocycles. The number of nitrogens with zero attached hydrogens (tertiary/aromatic N) is 5. The van der Waals surface area contributed by atoms with E-state index in [1.54, 1.807) is 12.1 Å². The molecular formula is C20H25N7O7. The Hall–Kier alpha value is -3.72. The van der Waals surface area contributed by atoms with Gasteiger partial charge in [-0.25, -0.2) is 10.4 Å². The van der Waals surface area contributed by atoms with Gasteiger partial charge in [0.05, 0.1) is 40.5 Å². The smallest absolute Gasteiger partial charge is 0.247 e. The highest BCUT2D eigenvalue weighted by Gasteiger charge is 2.44. The van der Waals surface area contributed by atoms with Crippen LogP contribution in [0.2, 0.25) is 0 Å². The van der Waals surface area contributed by atoms with Crippen molar-refractivity contribution in [1.29, 1.82) is 0 Å². The van der Waals surface area contributed by atoms with Crippen molar-refractivity contribution < 1.29 is 34.3 Å². The first kappa shape index (κ1) is 23.4. The van der Waals surface area contributed by atoms with Crippen LogP contribution in [0.15, 0.2) is 23.6 Å². The molecule has 6 N–H and O–H groups in total. The van der Waals surface area contributed by atoms with Crippen LogP contribution < -0.4 is 25.4 Å². The quantitative estimate of drug-likeness (QED) is 0.207. The van der Waals surface area contributed by atoms with Crippen molar-refractivity contribution in [3.05, 3.63) is 24.0 Å². The number of aromatic nitrogens is 4. The van der Waals surface area contributed by atoms with Gasteiger partial charge in [0.25, 0.3) is 0 Å². The summed E-state index contributed by atoms with van der Waals surface area (Å²) >= 11 is 0. The van der Waals surface area contributed by atoms with Gasteiger partial charge >= 0.3 is 0 Å². The van der Waals surface area contributed by atoms with Crippen LogP contribution in [-0.2, 0) is 4.74 Å². The number of imidazole rings is 1. The number of ether oxygens (including phenoxy) is 4. The molecule has 14 heteroatoms. The molecule has 34 heavy (non-hydrogen) atoms. The van der Waals surface area contributed by atoms with Gasteiger partial charge in [-0.15, -0.1) is 0 Å². The Bertz CT molecular complexity index is 1180. The maximum atomic E-state index is 10.3. The number of nitrogens with two attached hydrogens (primary N) is 1. The predicted octanol–water partition coefficient (Wildman–Crippen LogP) is -0.508. The van der Waals surface area contributed by atoms with Gasteiger partial charge in [0.15, 0.2) is 29.2 Å². The van der Waals surface area contributed by atoms with E-state index in [4.69, 9.17) is 24.7 Å². The summed E-state index contributed by atoms with van der Waals surface area (Å²) in [4.78, 5) is 12.7. The van der Waals surface area contributed by atoms with Crippen molar-refractivity contribution in [2.45, 2.75) is 24.5 Å². The monoisotopic (exact) mass is 475 g/mol. The molecule has 3 heterocycles. The minimum Gasteiger partial charge on any atom is -0.493 e. The van der Waals surface area contributed by atoms with E-state index in [2.05, 4.69) is 25.5 Å². The molecule has 1 fully saturated rings. The van der Waals surface area contributed by atoms with Gasteiger partial charge in [-0.1, -0.05) is 0 Å². The minimum absolute atomic E-state index is 0.0576. The van der Waals surface area contributed by atoms with Crippen LogP contribution in [0, 0.1) is 0 Å². The zero-order valence-electron chi connectivity index (χ0n) is 18.6. The first-order valence-electron chi connectivity index (χ1n) is 10.1. The highest BCUT2D eigenvalue weighted by atomic mass is 16.6. The lowest BCUT2D eigenvalue weighted by Crippen LogP contribution is -2.33. The minimum atomic E-state index is -1.31. The zero-order chi connectivity index (χ0) is 24.4. The first-order valence-corrected chi connectivity index (χ1v) is 10.1. The van der Waals surface area contributed by atoms with Crippen LogP contribution in [0.3, 0.4) is 0 Å². The molecule has 0 amide bonds. The molecule has 2 aromatic heterocycles. The third-order valence-electron chi connectivity index (χ3n) is 5.30. The Labute approximate surface area is 193 Å². The summed E-state index contributed by atoms with van der Waals surface area (Å²) in [6, 6.07) is 3.42. The molecule has 182 valence electrons. The van der Waals surface area contributed by atoms with E-state index in [1.165, 1.54) is 38.4 Å². The number of rotatable bonds is 8. The van der Waals surface area contributed by atoms with Gasteiger partial charge in [-0.05, 0) is 12.1 Å². The summed E-state index contributed by atoms with van der Waals surface area (Å²) in [5, 5.41) is 33.9. The summed E-state index contributed by atoms with van der Waals surface area (Å²) in [5.41, 5.74) is 9.88. The van der Waals surface area contributed by atoms with E-state index in [0.29, 0.717) is 22.8 Å². The second-order valence-corrected chi connectivity index (χ2v) is 7.31. The molecule has 1 aromatic carbocycles. The van der Waals surface area contributed by atoms with Gasteiger partial charge in [-0.3, -0.25) is 4.57 Å². The van der Waals surface area contributed by atoms with Crippen LogP contribution in [-0.4, -0.2) is 87.3 Å². The van der Waals surface area contributed by atoms with Crippen molar-refractivity contribution in [2.24, 2.45) is 5.10 Å². The summed E-state index contributed by atoms with van der Waals surface area (Å²) in [5.74, 6) is 1.51. The Balaban J connectivity index is 1.60. The Morgan fingerprint density at radius 2 is 1.85 bits per heavy atom. The third-order valence-corrected chi connectivity index (χ3v) is 5.30.